The molecular weight excluding hydrogens is 252 g/mol. The third kappa shape index (κ3) is 7.67. The first-order valence-corrected chi connectivity index (χ1v) is 7.47. The number of nitrogens with one attached hydrogen (secondary N) is 1. The molecule has 0 unspecified atom stereocenters. The highest BCUT2D eigenvalue weighted by Gasteiger charge is 1.98. The normalized spacial score (nSPS) is 10.2. The van der Waals surface area contributed by atoms with Crippen molar-refractivity contribution in [2.75, 3.05) is 18.5 Å². The van der Waals surface area contributed by atoms with E-state index in [1.165, 1.54) is 32.1 Å². The molecule has 0 spiro atoms. The predicted molar refractivity (Wildman–Crippen MR) is 83.0 cm³/mol. The van der Waals surface area contributed by atoms with E-state index in [4.69, 9.17) is 10.5 Å². The largest absolute Gasteiger partial charge is 0.493 e. The maximum absolute atomic E-state index is 10.6. The van der Waals surface area contributed by atoms with E-state index >= 15 is 0 Å². The Hall–Kier alpha value is -1.71. The van der Waals surface area contributed by atoms with Crippen LogP contribution in [-0.2, 0) is 4.79 Å². The Morgan fingerprint density at radius 1 is 1.15 bits per heavy atom. The number of carbonyl (C=O) groups excluding carboxylic acids is 1. The zero-order valence-corrected chi connectivity index (χ0v) is 12.4. The van der Waals surface area contributed by atoms with Crippen LogP contribution in [0.3, 0.4) is 0 Å². The van der Waals surface area contributed by atoms with E-state index < -0.39 is 0 Å². The van der Waals surface area contributed by atoms with Crippen molar-refractivity contribution in [3.05, 3.63) is 24.3 Å². The van der Waals surface area contributed by atoms with Crippen LogP contribution in [0, 0.1) is 0 Å². The number of benzene rings is 1. The van der Waals surface area contributed by atoms with Crippen molar-refractivity contribution in [1.29, 1.82) is 0 Å². The average molecular weight is 278 g/mol. The number of hydrogen-bond donors (Lipinski definition) is 2. The minimum absolute atomic E-state index is 0.248. The molecule has 20 heavy (non-hydrogen) atoms. The molecule has 0 aliphatic carbocycles. The summed E-state index contributed by atoms with van der Waals surface area (Å²) in [7, 11) is 0. The summed E-state index contributed by atoms with van der Waals surface area (Å²) in [5.41, 5.74) is 6.15. The zero-order chi connectivity index (χ0) is 14.6. The Labute approximate surface area is 121 Å². The van der Waals surface area contributed by atoms with Crippen molar-refractivity contribution in [3.63, 3.8) is 0 Å². The van der Waals surface area contributed by atoms with Gasteiger partial charge in [0.2, 0.25) is 5.91 Å². The number of hydrogen-bond acceptors (Lipinski definition) is 3. The molecule has 0 saturated heterocycles. The molecule has 112 valence electrons. The van der Waals surface area contributed by atoms with Crippen molar-refractivity contribution in [2.45, 2.75) is 45.4 Å². The highest BCUT2D eigenvalue weighted by Crippen LogP contribution is 2.16. The number of amides is 1. The van der Waals surface area contributed by atoms with E-state index in [9.17, 15) is 4.79 Å². The van der Waals surface area contributed by atoms with Gasteiger partial charge in [-0.1, -0.05) is 32.6 Å². The average Bonchev–Trinajstić information content (AvgIpc) is 2.44. The third-order valence-corrected chi connectivity index (χ3v) is 3.08. The van der Waals surface area contributed by atoms with Gasteiger partial charge in [0.15, 0.2) is 0 Å². The molecule has 0 aliphatic heterocycles. The molecule has 0 aromatic heterocycles. The number of unbranched alkanes of at least 4 members (excludes halogenated alkanes) is 4. The molecule has 1 amide bonds. The van der Waals surface area contributed by atoms with E-state index in [1.807, 2.05) is 24.3 Å². The first kappa shape index (κ1) is 16.3. The molecule has 0 aliphatic rings. The van der Waals surface area contributed by atoms with Gasteiger partial charge in [-0.25, -0.2) is 0 Å². The van der Waals surface area contributed by atoms with Crippen LogP contribution >= 0.6 is 0 Å². The fourth-order valence-electron chi connectivity index (χ4n) is 1.90. The Balaban J connectivity index is 2.16. The van der Waals surface area contributed by atoms with Crippen molar-refractivity contribution < 1.29 is 9.53 Å². The fourth-order valence-corrected chi connectivity index (χ4v) is 1.90. The molecule has 1 aromatic rings. The SMILES string of the molecule is CCCCCCCNc1ccc(OCCC(N)=O)cc1. The van der Waals surface area contributed by atoms with Crippen LogP contribution in [0.1, 0.15) is 45.4 Å². The number of primary amides is 1. The fraction of sp³-hybridized carbons (Fsp3) is 0.562. The molecule has 0 saturated carbocycles. The minimum Gasteiger partial charge on any atom is -0.493 e. The van der Waals surface area contributed by atoms with Crippen LogP contribution in [0.25, 0.3) is 0 Å². The number of anilines is 1. The molecule has 0 radical (unpaired) electrons. The second-order valence-electron chi connectivity index (χ2n) is 4.93. The van der Waals surface area contributed by atoms with Gasteiger partial charge in [-0.15, -0.1) is 0 Å². The van der Waals surface area contributed by atoms with Crippen molar-refractivity contribution >= 4 is 11.6 Å². The standard InChI is InChI=1S/C16H26N2O2/c1-2-3-4-5-6-12-18-14-7-9-15(10-8-14)20-13-11-16(17)19/h7-10,18H,2-6,11-13H2,1H3,(H2,17,19). The lowest BCUT2D eigenvalue weighted by Gasteiger charge is -2.08. The molecule has 1 aromatic carbocycles. The summed E-state index contributed by atoms with van der Waals surface area (Å²) in [6, 6.07) is 7.79. The quantitative estimate of drug-likeness (QED) is 0.610. The van der Waals surface area contributed by atoms with Gasteiger partial charge in [-0.05, 0) is 30.7 Å². The molecule has 0 fully saturated rings. The third-order valence-electron chi connectivity index (χ3n) is 3.08. The van der Waals surface area contributed by atoms with E-state index in [2.05, 4.69) is 12.2 Å². The highest BCUT2D eigenvalue weighted by atomic mass is 16.5. The Morgan fingerprint density at radius 2 is 1.85 bits per heavy atom. The summed E-state index contributed by atoms with van der Waals surface area (Å²) in [6.07, 6.45) is 6.68. The maximum atomic E-state index is 10.6. The van der Waals surface area contributed by atoms with Crippen molar-refractivity contribution in [3.8, 4) is 5.75 Å². The van der Waals surface area contributed by atoms with Crippen LogP contribution < -0.4 is 15.8 Å². The lowest BCUT2D eigenvalue weighted by atomic mass is 10.1. The summed E-state index contributed by atoms with van der Waals surface area (Å²) in [5.74, 6) is 0.422. The van der Waals surface area contributed by atoms with Crippen LogP contribution in [-0.4, -0.2) is 19.1 Å². The maximum Gasteiger partial charge on any atom is 0.220 e. The van der Waals surface area contributed by atoms with Crippen molar-refractivity contribution in [2.24, 2.45) is 5.73 Å². The molecular formula is C16H26N2O2. The second kappa shape index (κ2) is 10.1. The summed E-state index contributed by atoms with van der Waals surface area (Å²) in [5, 5.41) is 3.39. The summed E-state index contributed by atoms with van der Waals surface area (Å²) in [6.45, 7) is 3.57. The van der Waals surface area contributed by atoms with Gasteiger partial charge in [0.25, 0.3) is 0 Å². The Morgan fingerprint density at radius 3 is 2.50 bits per heavy atom. The highest BCUT2D eigenvalue weighted by molar-refractivity contribution is 5.73. The van der Waals surface area contributed by atoms with Gasteiger partial charge in [0.1, 0.15) is 5.75 Å². The Bertz CT molecular complexity index is 377. The lowest BCUT2D eigenvalue weighted by Crippen LogP contribution is -2.14. The van der Waals surface area contributed by atoms with Crippen LogP contribution in [0.2, 0.25) is 0 Å². The van der Waals surface area contributed by atoms with Gasteiger partial charge in [0.05, 0.1) is 13.0 Å². The summed E-state index contributed by atoms with van der Waals surface area (Å²) >= 11 is 0. The summed E-state index contributed by atoms with van der Waals surface area (Å²) < 4.78 is 5.41. The topological polar surface area (TPSA) is 64.3 Å². The zero-order valence-electron chi connectivity index (χ0n) is 12.4. The van der Waals surface area contributed by atoms with E-state index in [0.29, 0.717) is 6.61 Å². The van der Waals surface area contributed by atoms with E-state index in [0.717, 1.165) is 18.0 Å². The molecule has 0 atom stereocenters. The number of rotatable bonds is 11. The number of carbonyl (C=O) groups is 1. The summed E-state index contributed by atoms with van der Waals surface area (Å²) in [4.78, 5) is 10.6. The van der Waals surface area contributed by atoms with Gasteiger partial charge in [-0.2, -0.15) is 0 Å². The smallest absolute Gasteiger partial charge is 0.220 e. The molecule has 1 rings (SSSR count). The van der Waals surface area contributed by atoms with Gasteiger partial charge < -0.3 is 15.8 Å². The van der Waals surface area contributed by atoms with E-state index in [1.54, 1.807) is 0 Å². The monoisotopic (exact) mass is 278 g/mol. The molecule has 4 nitrogen and oxygen atoms in total. The second-order valence-corrected chi connectivity index (χ2v) is 4.93. The van der Waals surface area contributed by atoms with E-state index in [-0.39, 0.29) is 12.3 Å². The lowest BCUT2D eigenvalue weighted by molar-refractivity contribution is -0.118. The first-order valence-electron chi connectivity index (χ1n) is 7.47. The number of nitrogens with two attached hydrogens (primary N) is 1. The predicted octanol–water partition coefficient (Wildman–Crippen LogP) is 3.32. The van der Waals surface area contributed by atoms with Gasteiger partial charge >= 0.3 is 0 Å². The van der Waals surface area contributed by atoms with Gasteiger partial charge in [0, 0.05) is 12.2 Å². The molecule has 4 heteroatoms. The van der Waals surface area contributed by atoms with Gasteiger partial charge in [-0.3, -0.25) is 4.79 Å². The number of ether oxygens (including phenoxy) is 1. The van der Waals surface area contributed by atoms with Crippen LogP contribution in [0.5, 0.6) is 5.75 Å². The molecule has 0 bridgehead atoms. The van der Waals surface area contributed by atoms with Crippen LogP contribution in [0.4, 0.5) is 5.69 Å². The minimum atomic E-state index is -0.341. The van der Waals surface area contributed by atoms with Crippen molar-refractivity contribution in [1.82, 2.24) is 0 Å². The van der Waals surface area contributed by atoms with Crippen LogP contribution in [0.15, 0.2) is 24.3 Å². The first-order chi connectivity index (χ1) is 9.72. The molecule has 3 N–H and O–H groups in total. The molecule has 0 heterocycles. The Kier molecular flexibility index (Phi) is 8.27.